The van der Waals surface area contributed by atoms with Crippen LogP contribution >= 0.6 is 0 Å². The van der Waals surface area contributed by atoms with Crippen molar-refractivity contribution in [1.29, 1.82) is 0 Å². The summed E-state index contributed by atoms with van der Waals surface area (Å²) in [6, 6.07) is 5.46. The lowest BCUT2D eigenvalue weighted by Crippen LogP contribution is -2.37. The van der Waals surface area contributed by atoms with Crippen LogP contribution in [0.1, 0.15) is 61.4 Å². The van der Waals surface area contributed by atoms with Crippen LogP contribution < -0.4 is 4.74 Å². The van der Waals surface area contributed by atoms with E-state index in [9.17, 15) is 13.8 Å². The normalized spacial score (nSPS) is 25.3. The summed E-state index contributed by atoms with van der Waals surface area (Å²) in [5.41, 5.74) is 1.40. The van der Waals surface area contributed by atoms with Crippen LogP contribution in [0, 0.1) is 11.8 Å². The first-order chi connectivity index (χ1) is 14.5. The lowest BCUT2D eigenvalue weighted by molar-refractivity contribution is -0.135. The molecule has 0 spiro atoms. The van der Waals surface area contributed by atoms with E-state index in [4.69, 9.17) is 4.74 Å². The molecule has 0 radical (unpaired) electrons. The standard InChI is InChI=1S/C23H32N2O4S/c1-17(16-18-6-2-3-7-18)23(27)25-11-5-14-30(28,15-12-25)24-22(26)20-9-4-8-19-10-13-29-21(19)20/h4,8-9,17-18H,2-3,5-7,10-16H2,1H3. The van der Waals surface area contributed by atoms with Gasteiger partial charge in [0, 0.05) is 36.9 Å². The Bertz CT molecular complexity index is 929. The highest BCUT2D eigenvalue weighted by atomic mass is 32.2. The summed E-state index contributed by atoms with van der Waals surface area (Å²) < 4.78 is 23.1. The van der Waals surface area contributed by atoms with Crippen molar-refractivity contribution in [3.05, 3.63) is 29.3 Å². The molecule has 1 aromatic carbocycles. The Morgan fingerprint density at radius 1 is 1.20 bits per heavy atom. The Morgan fingerprint density at radius 2 is 2.00 bits per heavy atom. The monoisotopic (exact) mass is 432 g/mol. The maximum Gasteiger partial charge on any atom is 0.288 e. The highest BCUT2D eigenvalue weighted by Gasteiger charge is 2.29. The number of fused-ring (bicyclic) bond motifs is 1. The minimum Gasteiger partial charge on any atom is -0.492 e. The molecule has 3 aliphatic rings. The van der Waals surface area contributed by atoms with E-state index in [0.29, 0.717) is 49.1 Å². The molecule has 7 heteroatoms. The molecule has 0 N–H and O–H groups in total. The van der Waals surface area contributed by atoms with Gasteiger partial charge in [-0.25, -0.2) is 4.21 Å². The average molecular weight is 433 g/mol. The molecule has 2 atom stereocenters. The number of para-hydroxylation sites is 1. The van der Waals surface area contributed by atoms with Gasteiger partial charge in [0.2, 0.25) is 5.91 Å². The van der Waals surface area contributed by atoms with Gasteiger partial charge in [0.25, 0.3) is 5.91 Å². The molecule has 1 aliphatic carbocycles. The number of amides is 2. The number of benzene rings is 1. The van der Waals surface area contributed by atoms with Crippen molar-refractivity contribution in [2.24, 2.45) is 16.2 Å². The molecule has 2 fully saturated rings. The van der Waals surface area contributed by atoms with E-state index in [-0.39, 0.29) is 17.6 Å². The van der Waals surface area contributed by atoms with Gasteiger partial charge in [-0.3, -0.25) is 9.59 Å². The first kappa shape index (κ1) is 21.3. The minimum absolute atomic E-state index is 0.00452. The van der Waals surface area contributed by atoms with Gasteiger partial charge >= 0.3 is 0 Å². The van der Waals surface area contributed by atoms with Gasteiger partial charge < -0.3 is 9.64 Å². The Hall–Kier alpha value is -1.89. The molecule has 1 saturated carbocycles. The second-order valence-electron chi connectivity index (χ2n) is 8.94. The van der Waals surface area contributed by atoms with Crippen LogP contribution in [-0.4, -0.2) is 52.1 Å². The molecule has 1 saturated heterocycles. The van der Waals surface area contributed by atoms with Gasteiger partial charge in [0.15, 0.2) is 0 Å². The molecule has 0 aromatic heterocycles. The topological polar surface area (TPSA) is 76.0 Å². The average Bonchev–Trinajstić information content (AvgIpc) is 3.37. The fourth-order valence-electron chi connectivity index (χ4n) is 5.00. The van der Waals surface area contributed by atoms with Crippen molar-refractivity contribution in [2.75, 3.05) is 31.2 Å². The number of carbonyl (C=O) groups is 2. The lowest BCUT2D eigenvalue weighted by atomic mass is 9.93. The molecule has 30 heavy (non-hydrogen) atoms. The summed E-state index contributed by atoms with van der Waals surface area (Å²) in [4.78, 5) is 27.6. The molecule has 6 nitrogen and oxygen atoms in total. The van der Waals surface area contributed by atoms with E-state index in [1.54, 1.807) is 6.07 Å². The number of hydrogen-bond acceptors (Lipinski definition) is 4. The van der Waals surface area contributed by atoms with Crippen molar-refractivity contribution in [1.82, 2.24) is 4.90 Å². The SMILES string of the molecule is CC(CC1CCCC1)C(=O)N1CCCS(=O)(=NC(=O)c2cccc3c2OCC3)CC1. The molecule has 0 bridgehead atoms. The van der Waals surface area contributed by atoms with Crippen LogP contribution in [0.3, 0.4) is 0 Å². The number of rotatable bonds is 4. The van der Waals surface area contributed by atoms with Crippen LogP contribution in [0.15, 0.2) is 22.6 Å². The van der Waals surface area contributed by atoms with E-state index >= 15 is 0 Å². The van der Waals surface area contributed by atoms with E-state index in [1.165, 1.54) is 25.7 Å². The Labute approximate surface area is 179 Å². The van der Waals surface area contributed by atoms with Gasteiger partial charge in [-0.1, -0.05) is 44.7 Å². The van der Waals surface area contributed by atoms with Crippen LogP contribution in [0.25, 0.3) is 0 Å². The van der Waals surface area contributed by atoms with E-state index in [1.807, 2.05) is 24.0 Å². The van der Waals surface area contributed by atoms with Crippen LogP contribution in [0.4, 0.5) is 0 Å². The number of hydrogen-bond donors (Lipinski definition) is 0. The van der Waals surface area contributed by atoms with Crippen molar-refractivity contribution >= 4 is 21.5 Å². The molecule has 164 valence electrons. The summed E-state index contributed by atoms with van der Waals surface area (Å²) >= 11 is 0. The maximum atomic E-state index is 13.4. The van der Waals surface area contributed by atoms with Gasteiger partial charge in [-0.05, 0) is 30.4 Å². The quantitative estimate of drug-likeness (QED) is 0.727. The number of carbonyl (C=O) groups excluding carboxylic acids is 2. The van der Waals surface area contributed by atoms with Crippen molar-refractivity contribution in [2.45, 2.75) is 51.9 Å². The summed E-state index contributed by atoms with van der Waals surface area (Å²) in [6.07, 6.45) is 7.37. The molecule has 4 rings (SSSR count). The first-order valence-corrected chi connectivity index (χ1v) is 13.1. The molecule has 2 amide bonds. The first-order valence-electron chi connectivity index (χ1n) is 11.3. The highest BCUT2D eigenvalue weighted by molar-refractivity contribution is 7.93. The summed E-state index contributed by atoms with van der Waals surface area (Å²) in [7, 11) is -2.68. The molecule has 1 aromatic rings. The van der Waals surface area contributed by atoms with Crippen LogP contribution in [-0.2, 0) is 20.9 Å². The number of ether oxygens (including phenoxy) is 1. The molecule has 2 unspecified atom stereocenters. The predicted molar refractivity (Wildman–Crippen MR) is 117 cm³/mol. The smallest absolute Gasteiger partial charge is 0.288 e. The second kappa shape index (κ2) is 9.08. The van der Waals surface area contributed by atoms with Gasteiger partial charge in [-0.2, -0.15) is 4.36 Å². The van der Waals surface area contributed by atoms with E-state index < -0.39 is 15.6 Å². The second-order valence-corrected chi connectivity index (χ2v) is 11.5. The summed E-state index contributed by atoms with van der Waals surface area (Å²) in [6.45, 7) is 3.59. The zero-order valence-electron chi connectivity index (χ0n) is 17.8. The van der Waals surface area contributed by atoms with Crippen LogP contribution in [0.2, 0.25) is 0 Å². The van der Waals surface area contributed by atoms with Gasteiger partial charge in [0.1, 0.15) is 5.75 Å². The van der Waals surface area contributed by atoms with Gasteiger partial charge in [-0.15, -0.1) is 0 Å². The fourth-order valence-corrected chi connectivity index (χ4v) is 6.87. The fraction of sp³-hybridized carbons (Fsp3) is 0.652. The zero-order valence-corrected chi connectivity index (χ0v) is 18.6. The lowest BCUT2D eigenvalue weighted by Gasteiger charge is -2.25. The summed E-state index contributed by atoms with van der Waals surface area (Å²) in [5, 5.41) is 0. The van der Waals surface area contributed by atoms with Crippen molar-refractivity contribution < 1.29 is 18.5 Å². The highest BCUT2D eigenvalue weighted by Crippen LogP contribution is 2.32. The molecule has 2 heterocycles. The largest absolute Gasteiger partial charge is 0.492 e. The molecule has 2 aliphatic heterocycles. The summed E-state index contributed by atoms with van der Waals surface area (Å²) in [5.74, 6) is 1.57. The molecular weight excluding hydrogens is 400 g/mol. The van der Waals surface area contributed by atoms with Gasteiger partial charge in [0.05, 0.1) is 21.9 Å². The third kappa shape index (κ3) is 4.71. The maximum absolute atomic E-state index is 13.4. The third-order valence-corrected chi connectivity index (χ3v) is 8.91. The Balaban J connectivity index is 1.42. The van der Waals surface area contributed by atoms with Crippen LogP contribution in [0.5, 0.6) is 5.75 Å². The van der Waals surface area contributed by atoms with E-state index in [2.05, 4.69) is 4.36 Å². The third-order valence-electron chi connectivity index (χ3n) is 6.66. The van der Waals surface area contributed by atoms with E-state index in [0.717, 1.165) is 18.4 Å². The molecular formula is C23H32N2O4S. The minimum atomic E-state index is -2.68. The van der Waals surface area contributed by atoms with Crippen molar-refractivity contribution in [3.63, 3.8) is 0 Å². The number of nitrogens with zero attached hydrogens (tertiary/aromatic N) is 2. The zero-order chi connectivity index (χ0) is 21.1. The predicted octanol–water partition coefficient (Wildman–Crippen LogP) is 3.68. The Kier molecular flexibility index (Phi) is 6.46. The van der Waals surface area contributed by atoms with Crippen molar-refractivity contribution in [3.8, 4) is 5.75 Å². The Morgan fingerprint density at radius 3 is 2.80 bits per heavy atom.